The summed E-state index contributed by atoms with van der Waals surface area (Å²) in [5.41, 5.74) is 1.37. The fraction of sp³-hybridized carbons (Fsp3) is 0.533. The summed E-state index contributed by atoms with van der Waals surface area (Å²) >= 11 is 1.90. The van der Waals surface area contributed by atoms with Crippen LogP contribution >= 0.6 is 11.8 Å². The molecule has 4 heteroatoms. The van der Waals surface area contributed by atoms with Crippen molar-refractivity contribution in [3.63, 3.8) is 0 Å². The molecule has 1 unspecified atom stereocenters. The first-order chi connectivity index (χ1) is 9.40. The highest BCUT2D eigenvalue weighted by molar-refractivity contribution is 7.99. The van der Waals surface area contributed by atoms with Crippen molar-refractivity contribution in [1.29, 1.82) is 0 Å². The van der Waals surface area contributed by atoms with Gasteiger partial charge in [0, 0.05) is 31.4 Å². The number of rotatable bonds is 7. The van der Waals surface area contributed by atoms with E-state index in [0.29, 0.717) is 6.04 Å². The van der Waals surface area contributed by atoms with Gasteiger partial charge in [-0.2, -0.15) is 16.9 Å². The smallest absolute Gasteiger partial charge is 0.0704 e. The van der Waals surface area contributed by atoms with Crippen LogP contribution < -0.4 is 0 Å². The number of benzene rings is 1. The molecule has 1 aromatic carbocycles. The minimum Gasteiger partial charge on any atom is -0.382 e. The Morgan fingerprint density at radius 2 is 2.26 bits per heavy atom. The van der Waals surface area contributed by atoms with Gasteiger partial charge in [-0.3, -0.25) is 5.01 Å². The summed E-state index contributed by atoms with van der Waals surface area (Å²) in [6.07, 6.45) is 4.45. The van der Waals surface area contributed by atoms with E-state index in [9.17, 15) is 0 Å². The lowest BCUT2D eigenvalue weighted by atomic mass is 10.2. The van der Waals surface area contributed by atoms with Crippen molar-refractivity contribution >= 4 is 18.0 Å². The molecule has 2 rings (SSSR count). The average Bonchev–Trinajstić information content (AvgIpc) is 2.88. The van der Waals surface area contributed by atoms with Gasteiger partial charge in [-0.15, -0.1) is 0 Å². The Kier molecular flexibility index (Phi) is 6.24. The normalized spacial score (nSPS) is 19.4. The molecule has 1 atom stereocenters. The molecule has 0 N–H and O–H groups in total. The first-order valence-electron chi connectivity index (χ1n) is 6.80. The molecule has 0 spiro atoms. The predicted molar refractivity (Wildman–Crippen MR) is 82.7 cm³/mol. The van der Waals surface area contributed by atoms with E-state index >= 15 is 0 Å². The minimum atomic E-state index is 0.473. The van der Waals surface area contributed by atoms with Crippen LogP contribution in [0, 0.1) is 0 Å². The van der Waals surface area contributed by atoms with Crippen LogP contribution in [0.1, 0.15) is 18.4 Å². The lowest BCUT2D eigenvalue weighted by molar-refractivity contribution is 0.118. The second kappa shape index (κ2) is 8.23. The highest BCUT2D eigenvalue weighted by atomic mass is 32.2. The number of hydrogen-bond acceptors (Lipinski definition) is 4. The Balaban J connectivity index is 1.66. The maximum absolute atomic E-state index is 5.22. The first kappa shape index (κ1) is 14.4. The maximum Gasteiger partial charge on any atom is 0.0704 e. The van der Waals surface area contributed by atoms with Gasteiger partial charge in [0.2, 0.25) is 0 Å². The molecule has 3 nitrogen and oxygen atoms in total. The van der Waals surface area contributed by atoms with Crippen molar-refractivity contribution in [3.8, 4) is 0 Å². The van der Waals surface area contributed by atoms with Gasteiger partial charge in [-0.05, 0) is 18.4 Å². The summed E-state index contributed by atoms with van der Waals surface area (Å²) in [4.78, 5) is 0. The molecular formula is C15H22N2OS. The third kappa shape index (κ3) is 4.88. The molecule has 0 bridgehead atoms. The molecule has 0 aromatic heterocycles. The van der Waals surface area contributed by atoms with Crippen LogP contribution in [0.4, 0.5) is 0 Å². The summed E-state index contributed by atoms with van der Waals surface area (Å²) in [6, 6.07) is 11.0. The average molecular weight is 278 g/mol. The second-order valence-electron chi connectivity index (χ2n) is 4.71. The van der Waals surface area contributed by atoms with Gasteiger partial charge in [0.1, 0.15) is 0 Å². The Labute approximate surface area is 120 Å². The number of hydrazone groups is 1. The lowest BCUT2D eigenvalue weighted by Gasteiger charge is -2.20. The summed E-state index contributed by atoms with van der Waals surface area (Å²) in [7, 11) is 1.76. The molecule has 0 radical (unpaired) electrons. The zero-order valence-corrected chi connectivity index (χ0v) is 12.3. The molecule has 1 aliphatic rings. The number of thioether (sulfide) groups is 1. The van der Waals surface area contributed by atoms with Crippen LogP contribution in [-0.4, -0.2) is 43.3 Å². The van der Waals surface area contributed by atoms with Gasteiger partial charge in [0.25, 0.3) is 0 Å². The van der Waals surface area contributed by atoms with E-state index in [1.54, 1.807) is 7.11 Å². The van der Waals surface area contributed by atoms with E-state index in [1.165, 1.54) is 18.4 Å². The van der Waals surface area contributed by atoms with Crippen molar-refractivity contribution in [3.05, 3.63) is 35.9 Å². The Morgan fingerprint density at radius 1 is 1.42 bits per heavy atom. The van der Waals surface area contributed by atoms with Crippen molar-refractivity contribution in [1.82, 2.24) is 5.01 Å². The molecule has 1 aliphatic heterocycles. The number of hydrogen-bond donors (Lipinski definition) is 0. The van der Waals surface area contributed by atoms with Crippen LogP contribution in [-0.2, 0) is 10.5 Å². The van der Waals surface area contributed by atoms with Crippen LogP contribution in [0.2, 0.25) is 0 Å². The van der Waals surface area contributed by atoms with E-state index in [4.69, 9.17) is 4.74 Å². The fourth-order valence-electron chi connectivity index (χ4n) is 2.28. The molecule has 0 saturated carbocycles. The topological polar surface area (TPSA) is 24.8 Å². The monoisotopic (exact) mass is 278 g/mol. The summed E-state index contributed by atoms with van der Waals surface area (Å²) in [5.74, 6) is 2.01. The predicted octanol–water partition coefficient (Wildman–Crippen LogP) is 3.02. The van der Waals surface area contributed by atoms with E-state index < -0.39 is 0 Å². The maximum atomic E-state index is 5.22. The molecule has 1 aromatic rings. The molecular weight excluding hydrogens is 256 g/mol. The fourth-order valence-corrected chi connectivity index (χ4v) is 2.99. The van der Waals surface area contributed by atoms with E-state index in [0.717, 1.165) is 24.7 Å². The Morgan fingerprint density at radius 3 is 3.05 bits per heavy atom. The van der Waals surface area contributed by atoms with Gasteiger partial charge in [-0.1, -0.05) is 30.3 Å². The second-order valence-corrected chi connectivity index (χ2v) is 5.74. The van der Waals surface area contributed by atoms with Crippen LogP contribution in [0.5, 0.6) is 0 Å². The van der Waals surface area contributed by atoms with E-state index in [1.807, 2.05) is 18.0 Å². The van der Waals surface area contributed by atoms with Crippen molar-refractivity contribution < 1.29 is 4.74 Å². The molecule has 1 heterocycles. The molecule has 1 fully saturated rings. The summed E-state index contributed by atoms with van der Waals surface area (Å²) in [5, 5.41) is 6.74. The third-order valence-corrected chi connectivity index (χ3v) is 4.16. The first-order valence-corrected chi connectivity index (χ1v) is 7.95. The van der Waals surface area contributed by atoms with Gasteiger partial charge in [-0.25, -0.2) is 0 Å². The van der Waals surface area contributed by atoms with Crippen LogP contribution in [0.15, 0.2) is 35.4 Å². The standard InChI is InChI=1S/C15H22N2OS/c1-18-12-15-8-5-10-17(15)16-9-11-19-13-14-6-3-2-4-7-14/h2-4,6-7,9,15H,5,8,10-13H2,1H3/b16-9+. The van der Waals surface area contributed by atoms with Gasteiger partial charge in [0.15, 0.2) is 0 Å². The van der Waals surface area contributed by atoms with Crippen molar-refractivity contribution in [2.24, 2.45) is 5.10 Å². The third-order valence-electron chi connectivity index (χ3n) is 3.24. The minimum absolute atomic E-state index is 0.473. The summed E-state index contributed by atoms with van der Waals surface area (Å²) < 4.78 is 5.22. The molecule has 1 saturated heterocycles. The van der Waals surface area contributed by atoms with Crippen molar-refractivity contribution in [2.75, 3.05) is 26.0 Å². The van der Waals surface area contributed by atoms with Crippen LogP contribution in [0.3, 0.4) is 0 Å². The largest absolute Gasteiger partial charge is 0.382 e. The van der Waals surface area contributed by atoms with Crippen molar-refractivity contribution in [2.45, 2.75) is 24.6 Å². The van der Waals surface area contributed by atoms with E-state index in [-0.39, 0.29) is 0 Å². The highest BCUT2D eigenvalue weighted by Crippen LogP contribution is 2.17. The van der Waals surface area contributed by atoms with Gasteiger partial charge < -0.3 is 4.74 Å². The Bertz CT molecular complexity index is 383. The molecule has 0 amide bonds. The summed E-state index contributed by atoms with van der Waals surface area (Å²) in [6.45, 7) is 1.85. The molecule has 0 aliphatic carbocycles. The van der Waals surface area contributed by atoms with E-state index in [2.05, 4.69) is 40.4 Å². The number of nitrogens with zero attached hydrogens (tertiary/aromatic N) is 2. The zero-order valence-electron chi connectivity index (χ0n) is 11.5. The highest BCUT2D eigenvalue weighted by Gasteiger charge is 2.22. The van der Waals surface area contributed by atoms with Gasteiger partial charge >= 0.3 is 0 Å². The van der Waals surface area contributed by atoms with Crippen LogP contribution in [0.25, 0.3) is 0 Å². The zero-order chi connectivity index (χ0) is 13.3. The van der Waals surface area contributed by atoms with Gasteiger partial charge in [0.05, 0.1) is 12.6 Å². The molecule has 104 valence electrons. The molecule has 19 heavy (non-hydrogen) atoms. The number of methoxy groups -OCH3 is 1. The SMILES string of the molecule is COCC1CCCN1/N=C/CSCc1ccccc1. The quantitative estimate of drug-likeness (QED) is 0.566. The lowest BCUT2D eigenvalue weighted by Crippen LogP contribution is -2.28. The number of ether oxygens (including phenoxy) is 1. The Hall–Kier alpha value is -1.00.